The summed E-state index contributed by atoms with van der Waals surface area (Å²) < 4.78 is 22.2. The number of carbonyl (C=O) groups is 4. The van der Waals surface area contributed by atoms with Crippen molar-refractivity contribution in [1.29, 1.82) is 0 Å². The Morgan fingerprint density at radius 3 is 2.29 bits per heavy atom. The quantitative estimate of drug-likeness (QED) is 0.136. The molecule has 2 aliphatic heterocycles. The molecule has 10 nitrogen and oxygen atoms in total. The predicted octanol–water partition coefficient (Wildman–Crippen LogP) is 3.80. The van der Waals surface area contributed by atoms with Crippen LogP contribution in [0, 0.1) is 0 Å². The molecule has 0 aromatic rings. The minimum atomic E-state index is -0.964. The van der Waals surface area contributed by atoms with Gasteiger partial charge in [0.1, 0.15) is 19.0 Å². The molecule has 0 aromatic heterocycles. The van der Waals surface area contributed by atoms with Crippen LogP contribution in [0.1, 0.15) is 85.0 Å². The minimum absolute atomic E-state index is 0.131. The molecule has 212 valence electrons. The van der Waals surface area contributed by atoms with Gasteiger partial charge < -0.3 is 29.6 Å². The summed E-state index contributed by atoms with van der Waals surface area (Å²) in [6.07, 6.45) is 14.0. The summed E-state index contributed by atoms with van der Waals surface area (Å²) in [4.78, 5) is 49.1. The fourth-order valence-electron chi connectivity index (χ4n) is 4.39. The molecular weight excluding hydrogens is 492 g/mol. The number of hydrogen-bond acceptors (Lipinski definition) is 9. The average Bonchev–Trinajstić information content (AvgIpc) is 3.21. The summed E-state index contributed by atoms with van der Waals surface area (Å²) in [5.41, 5.74) is 6.12. The first kappa shape index (κ1) is 31.1. The van der Waals surface area contributed by atoms with Gasteiger partial charge in [-0.2, -0.15) is 0 Å². The molecule has 10 heteroatoms. The van der Waals surface area contributed by atoms with Crippen molar-refractivity contribution in [1.82, 2.24) is 4.90 Å². The summed E-state index contributed by atoms with van der Waals surface area (Å²) in [5.74, 6) is -2.09. The maximum absolute atomic E-state index is 12.4. The van der Waals surface area contributed by atoms with Gasteiger partial charge in [-0.05, 0) is 12.5 Å². The van der Waals surface area contributed by atoms with Crippen LogP contribution in [-0.2, 0) is 38.1 Å². The molecule has 0 bridgehead atoms. The normalized spacial score (nSPS) is 21.8. The van der Waals surface area contributed by atoms with Crippen molar-refractivity contribution < 1.29 is 38.1 Å². The van der Waals surface area contributed by atoms with Crippen molar-refractivity contribution >= 4 is 23.8 Å². The molecule has 38 heavy (non-hydrogen) atoms. The van der Waals surface area contributed by atoms with Crippen LogP contribution in [0.5, 0.6) is 0 Å². The largest absolute Gasteiger partial charge is 0.463 e. The lowest BCUT2D eigenvalue weighted by Gasteiger charge is -2.30. The number of unbranched alkanes of at least 4 members (excludes halogenated alkanes) is 8. The van der Waals surface area contributed by atoms with Crippen LogP contribution in [0.3, 0.4) is 0 Å². The molecule has 2 N–H and O–H groups in total. The highest BCUT2D eigenvalue weighted by molar-refractivity contribution is 5.92. The Bertz CT molecular complexity index is 911. The van der Waals surface area contributed by atoms with Crippen LogP contribution in [-0.4, -0.2) is 60.3 Å². The van der Waals surface area contributed by atoms with Crippen LogP contribution >= 0.6 is 0 Å². The maximum atomic E-state index is 12.4. The molecule has 0 aliphatic carbocycles. The van der Waals surface area contributed by atoms with E-state index in [1.807, 2.05) is 0 Å². The van der Waals surface area contributed by atoms with Gasteiger partial charge in [0.25, 0.3) is 0 Å². The number of allylic oxidation sites excluding steroid dienone is 2. The number of carbonyl (C=O) groups excluding carboxylic acids is 4. The molecule has 2 rings (SSSR count). The van der Waals surface area contributed by atoms with Crippen molar-refractivity contribution in [2.24, 2.45) is 5.73 Å². The average molecular weight is 535 g/mol. The van der Waals surface area contributed by atoms with Crippen molar-refractivity contribution in [2.45, 2.75) is 103 Å². The second-order valence-corrected chi connectivity index (χ2v) is 9.62. The molecular formula is C28H42N2O8. The lowest BCUT2D eigenvalue weighted by atomic mass is 10.1. The summed E-state index contributed by atoms with van der Waals surface area (Å²) >= 11 is 0. The Morgan fingerprint density at radius 1 is 1.03 bits per heavy atom. The van der Waals surface area contributed by atoms with E-state index in [0.29, 0.717) is 17.6 Å². The van der Waals surface area contributed by atoms with Gasteiger partial charge in [-0.25, -0.2) is 0 Å². The molecule has 0 saturated carbocycles. The highest BCUT2D eigenvalue weighted by atomic mass is 16.6. The fraction of sp³-hybridized carbons (Fsp3) is 0.643. The van der Waals surface area contributed by atoms with E-state index in [9.17, 15) is 19.2 Å². The number of nitrogens with zero attached hydrogens (tertiary/aromatic N) is 1. The second-order valence-electron chi connectivity index (χ2n) is 9.62. The number of ether oxygens (including phenoxy) is 4. The number of amides is 1. The second kappa shape index (κ2) is 16.7. The summed E-state index contributed by atoms with van der Waals surface area (Å²) in [5, 5.41) is 0. The number of rotatable bonds is 16. The third-order valence-electron chi connectivity index (χ3n) is 6.35. The van der Waals surface area contributed by atoms with Gasteiger partial charge in [0.2, 0.25) is 5.91 Å². The SMILES string of the molecule is CCCCCCCCCCCC(=O)OC[C@H]1O[C@@H](N2C=CC=C(C(N)=O)C2)/C(=C/OC(C)=O)[C@@H]1OC(C)=O. The molecule has 1 saturated heterocycles. The number of nitrogens with two attached hydrogens (primary N) is 1. The van der Waals surface area contributed by atoms with E-state index in [2.05, 4.69) is 6.92 Å². The van der Waals surface area contributed by atoms with Crippen LogP contribution in [0.2, 0.25) is 0 Å². The summed E-state index contributed by atoms with van der Waals surface area (Å²) in [6, 6.07) is 0. The van der Waals surface area contributed by atoms with Gasteiger partial charge in [0.05, 0.1) is 12.1 Å². The molecule has 3 atom stereocenters. The predicted molar refractivity (Wildman–Crippen MR) is 140 cm³/mol. The summed E-state index contributed by atoms with van der Waals surface area (Å²) in [7, 11) is 0. The zero-order valence-corrected chi connectivity index (χ0v) is 22.8. The van der Waals surface area contributed by atoms with E-state index in [-0.39, 0.29) is 19.1 Å². The molecule has 1 amide bonds. The zero-order valence-electron chi connectivity index (χ0n) is 22.8. The molecule has 0 unspecified atom stereocenters. The van der Waals surface area contributed by atoms with Crippen molar-refractivity contribution in [2.75, 3.05) is 13.2 Å². The highest BCUT2D eigenvalue weighted by Crippen LogP contribution is 2.33. The lowest BCUT2D eigenvalue weighted by Crippen LogP contribution is -2.37. The molecule has 2 heterocycles. The van der Waals surface area contributed by atoms with E-state index in [4.69, 9.17) is 24.7 Å². The van der Waals surface area contributed by atoms with E-state index >= 15 is 0 Å². The van der Waals surface area contributed by atoms with Gasteiger partial charge in [-0.3, -0.25) is 19.2 Å². The third kappa shape index (κ3) is 10.7. The number of primary amides is 1. The minimum Gasteiger partial charge on any atom is -0.463 e. The van der Waals surface area contributed by atoms with Crippen molar-refractivity contribution in [3.05, 3.63) is 35.8 Å². The number of hydrogen-bond donors (Lipinski definition) is 1. The van der Waals surface area contributed by atoms with Crippen molar-refractivity contribution in [3.63, 3.8) is 0 Å². The zero-order chi connectivity index (χ0) is 27.9. The first-order valence-corrected chi connectivity index (χ1v) is 13.5. The van der Waals surface area contributed by atoms with Gasteiger partial charge in [0, 0.05) is 32.0 Å². The van der Waals surface area contributed by atoms with Gasteiger partial charge in [-0.15, -0.1) is 0 Å². The molecule has 0 spiro atoms. The van der Waals surface area contributed by atoms with Gasteiger partial charge in [0.15, 0.2) is 12.3 Å². The standard InChI is InChI=1S/C28H42N2O8/c1-4-5-6-7-8-9-10-11-12-15-25(33)36-19-24-26(37-21(3)32)23(18-35-20(2)31)28(38-24)30-16-13-14-22(17-30)27(29)34/h13-14,16,18,24,26,28H,4-12,15,17,19H2,1-3H3,(H2,29,34)/b23-18+/t24-,26+,28-/m1/s1. The Kier molecular flexibility index (Phi) is 13.6. The highest BCUT2D eigenvalue weighted by Gasteiger charge is 2.46. The number of esters is 3. The van der Waals surface area contributed by atoms with Gasteiger partial charge >= 0.3 is 17.9 Å². The van der Waals surface area contributed by atoms with Crippen LogP contribution in [0.4, 0.5) is 0 Å². The third-order valence-corrected chi connectivity index (χ3v) is 6.35. The summed E-state index contributed by atoms with van der Waals surface area (Å²) in [6.45, 7) is 4.67. The van der Waals surface area contributed by atoms with E-state index < -0.39 is 36.3 Å². The van der Waals surface area contributed by atoms with E-state index in [0.717, 1.165) is 19.3 Å². The van der Waals surface area contributed by atoms with E-state index in [1.54, 1.807) is 23.3 Å². The lowest BCUT2D eigenvalue weighted by molar-refractivity contribution is -0.157. The maximum Gasteiger partial charge on any atom is 0.307 e. The monoisotopic (exact) mass is 534 g/mol. The fourth-order valence-corrected chi connectivity index (χ4v) is 4.39. The Hall–Kier alpha value is -3.14. The topological polar surface area (TPSA) is 134 Å². The Morgan fingerprint density at radius 2 is 1.68 bits per heavy atom. The first-order chi connectivity index (χ1) is 18.2. The van der Waals surface area contributed by atoms with Crippen LogP contribution < -0.4 is 5.73 Å². The van der Waals surface area contributed by atoms with Crippen LogP contribution in [0.25, 0.3) is 0 Å². The van der Waals surface area contributed by atoms with Gasteiger partial charge in [-0.1, -0.05) is 64.4 Å². The molecule has 1 fully saturated rings. The van der Waals surface area contributed by atoms with Crippen molar-refractivity contribution in [3.8, 4) is 0 Å². The first-order valence-electron chi connectivity index (χ1n) is 13.5. The smallest absolute Gasteiger partial charge is 0.307 e. The van der Waals surface area contributed by atoms with E-state index in [1.165, 1.54) is 58.6 Å². The molecule has 2 aliphatic rings. The van der Waals surface area contributed by atoms with Crippen LogP contribution in [0.15, 0.2) is 35.8 Å². The molecule has 0 radical (unpaired) electrons. The Labute approximate surface area is 225 Å². The Balaban J connectivity index is 1.96. The molecule has 0 aromatic carbocycles.